The van der Waals surface area contributed by atoms with E-state index >= 15 is 0 Å². The Bertz CT molecular complexity index is 1010. The lowest BCUT2D eigenvalue weighted by Gasteiger charge is -2.05. The lowest BCUT2D eigenvalue weighted by molar-refractivity contribution is 0.0693. The van der Waals surface area contributed by atoms with Crippen LogP contribution in [0.4, 0.5) is 5.69 Å². The zero-order chi connectivity index (χ0) is 17.8. The summed E-state index contributed by atoms with van der Waals surface area (Å²) in [5.41, 5.74) is 8.77. The summed E-state index contributed by atoms with van der Waals surface area (Å²) >= 11 is 0. The molecule has 0 aliphatic carbocycles. The summed E-state index contributed by atoms with van der Waals surface area (Å²) < 4.78 is 0. The number of aromatic nitrogens is 1. The number of carboxylic acids is 1. The van der Waals surface area contributed by atoms with Crippen molar-refractivity contribution in [3.8, 4) is 5.75 Å². The summed E-state index contributed by atoms with van der Waals surface area (Å²) in [6.45, 7) is 0. The van der Waals surface area contributed by atoms with Crippen LogP contribution in [0.1, 0.15) is 10.4 Å². The molecule has 1 heterocycles. The van der Waals surface area contributed by atoms with Gasteiger partial charge in [0.15, 0.2) is 0 Å². The molecule has 0 spiro atoms. The molecule has 0 amide bonds. The standard InChI is InChI=1S/C13H10N2.C7H6O3/c14-13-9-5-1-3-7-11(9)15-12-8-4-2-6-10(12)13;8-6-4-2-1-3-5(6)7(9)10/h1-8H,(H2,14,15);1-4,8H,(H,9,10). The molecule has 0 atom stereocenters. The first-order valence-corrected chi connectivity index (χ1v) is 7.62. The molecule has 124 valence electrons. The Kier molecular flexibility index (Phi) is 4.48. The molecule has 1 aromatic heterocycles. The third-order valence-corrected chi connectivity index (χ3v) is 3.76. The van der Waals surface area contributed by atoms with Crippen molar-refractivity contribution < 1.29 is 15.0 Å². The number of anilines is 1. The number of aromatic hydroxyl groups is 1. The summed E-state index contributed by atoms with van der Waals surface area (Å²) in [5.74, 6) is -1.31. The Labute approximate surface area is 144 Å². The van der Waals surface area contributed by atoms with E-state index in [0.29, 0.717) is 0 Å². The van der Waals surface area contributed by atoms with Gasteiger partial charge < -0.3 is 15.9 Å². The number of carboxylic acid groups (broad SMARTS) is 1. The predicted octanol–water partition coefficient (Wildman–Crippen LogP) is 4.06. The van der Waals surface area contributed by atoms with Gasteiger partial charge in [0.05, 0.1) is 16.7 Å². The molecular formula is C20H16N2O3. The summed E-state index contributed by atoms with van der Waals surface area (Å²) in [5, 5.41) is 19.4. The average molecular weight is 332 g/mol. The number of hydrogen-bond acceptors (Lipinski definition) is 4. The fourth-order valence-corrected chi connectivity index (χ4v) is 2.53. The van der Waals surface area contributed by atoms with Gasteiger partial charge in [0, 0.05) is 10.8 Å². The van der Waals surface area contributed by atoms with E-state index in [4.69, 9.17) is 15.9 Å². The molecule has 0 unspecified atom stereocenters. The van der Waals surface area contributed by atoms with Gasteiger partial charge in [-0.15, -0.1) is 0 Å². The second kappa shape index (κ2) is 6.88. The number of nitrogen functional groups attached to an aromatic ring is 1. The van der Waals surface area contributed by atoms with Gasteiger partial charge in [-0.1, -0.05) is 48.5 Å². The second-order valence-corrected chi connectivity index (χ2v) is 5.38. The number of carbonyl (C=O) groups is 1. The van der Waals surface area contributed by atoms with Gasteiger partial charge in [0.1, 0.15) is 11.3 Å². The first-order valence-electron chi connectivity index (χ1n) is 7.62. The largest absolute Gasteiger partial charge is 0.507 e. The van der Waals surface area contributed by atoms with Crippen LogP contribution >= 0.6 is 0 Å². The van der Waals surface area contributed by atoms with Crippen LogP contribution in [0, 0.1) is 0 Å². The van der Waals surface area contributed by atoms with Crippen molar-refractivity contribution in [3.63, 3.8) is 0 Å². The van der Waals surface area contributed by atoms with E-state index in [1.165, 1.54) is 12.1 Å². The molecule has 0 aliphatic heterocycles. The van der Waals surface area contributed by atoms with Gasteiger partial charge in [0.2, 0.25) is 0 Å². The van der Waals surface area contributed by atoms with E-state index in [-0.39, 0.29) is 11.3 Å². The van der Waals surface area contributed by atoms with Crippen molar-refractivity contribution in [3.05, 3.63) is 78.4 Å². The number of hydrogen-bond donors (Lipinski definition) is 3. The van der Waals surface area contributed by atoms with Gasteiger partial charge in [-0.25, -0.2) is 9.78 Å². The van der Waals surface area contributed by atoms with Gasteiger partial charge in [-0.2, -0.15) is 0 Å². The van der Waals surface area contributed by atoms with Crippen LogP contribution < -0.4 is 5.73 Å². The number of phenols is 1. The molecule has 5 nitrogen and oxygen atoms in total. The lowest BCUT2D eigenvalue weighted by Crippen LogP contribution is -1.95. The van der Waals surface area contributed by atoms with Crippen LogP contribution in [0.2, 0.25) is 0 Å². The van der Waals surface area contributed by atoms with E-state index < -0.39 is 5.97 Å². The molecule has 0 bridgehead atoms. The van der Waals surface area contributed by atoms with Crippen molar-refractivity contribution >= 4 is 33.5 Å². The topological polar surface area (TPSA) is 96.4 Å². The normalized spacial score (nSPS) is 10.2. The van der Waals surface area contributed by atoms with E-state index in [2.05, 4.69) is 4.98 Å². The molecule has 4 N–H and O–H groups in total. The molecule has 5 heteroatoms. The number of fused-ring (bicyclic) bond motifs is 2. The maximum Gasteiger partial charge on any atom is 0.339 e. The minimum absolute atomic E-state index is 0.0671. The number of nitrogens with zero attached hydrogens (tertiary/aromatic N) is 1. The monoisotopic (exact) mass is 332 g/mol. The van der Waals surface area contributed by atoms with Gasteiger partial charge in [0.25, 0.3) is 0 Å². The third-order valence-electron chi connectivity index (χ3n) is 3.76. The van der Waals surface area contributed by atoms with Crippen molar-refractivity contribution in [2.45, 2.75) is 0 Å². The minimum atomic E-state index is -1.11. The Morgan fingerprint density at radius 1 is 0.800 bits per heavy atom. The highest BCUT2D eigenvalue weighted by atomic mass is 16.4. The molecule has 0 fully saturated rings. The first kappa shape index (κ1) is 16.3. The Morgan fingerprint density at radius 3 is 1.76 bits per heavy atom. The van der Waals surface area contributed by atoms with Crippen molar-refractivity contribution in [2.75, 3.05) is 5.73 Å². The van der Waals surface area contributed by atoms with E-state index in [0.717, 1.165) is 27.5 Å². The number of rotatable bonds is 1. The van der Waals surface area contributed by atoms with E-state index in [1.807, 2.05) is 48.5 Å². The van der Waals surface area contributed by atoms with Crippen LogP contribution in [0.5, 0.6) is 5.75 Å². The zero-order valence-corrected chi connectivity index (χ0v) is 13.3. The van der Waals surface area contributed by atoms with Gasteiger partial charge in [-0.3, -0.25) is 0 Å². The predicted molar refractivity (Wildman–Crippen MR) is 98.7 cm³/mol. The van der Waals surface area contributed by atoms with Crippen LogP contribution in [0.25, 0.3) is 21.8 Å². The zero-order valence-electron chi connectivity index (χ0n) is 13.3. The highest BCUT2D eigenvalue weighted by molar-refractivity contribution is 6.06. The quantitative estimate of drug-likeness (QED) is 0.457. The lowest BCUT2D eigenvalue weighted by atomic mass is 10.1. The Morgan fingerprint density at radius 2 is 1.28 bits per heavy atom. The smallest absolute Gasteiger partial charge is 0.339 e. The van der Waals surface area contributed by atoms with Crippen molar-refractivity contribution in [1.82, 2.24) is 4.98 Å². The van der Waals surface area contributed by atoms with Gasteiger partial charge in [-0.05, 0) is 24.3 Å². The molecule has 0 saturated carbocycles. The highest BCUT2D eigenvalue weighted by Gasteiger charge is 2.06. The average Bonchev–Trinajstić information content (AvgIpc) is 2.63. The molecule has 0 saturated heterocycles. The van der Waals surface area contributed by atoms with E-state index in [9.17, 15) is 4.79 Å². The Hall–Kier alpha value is -3.60. The SMILES string of the molecule is Nc1c2ccccc2nc2ccccc12.O=C(O)c1ccccc1O. The fourth-order valence-electron chi connectivity index (χ4n) is 2.53. The molecule has 0 radical (unpaired) electrons. The van der Waals surface area contributed by atoms with Crippen LogP contribution in [-0.2, 0) is 0 Å². The third kappa shape index (κ3) is 3.35. The maximum atomic E-state index is 10.3. The number of aromatic carboxylic acids is 1. The molecule has 25 heavy (non-hydrogen) atoms. The molecule has 4 rings (SSSR count). The second-order valence-electron chi connectivity index (χ2n) is 5.38. The number of para-hydroxylation sites is 3. The minimum Gasteiger partial charge on any atom is -0.507 e. The van der Waals surface area contributed by atoms with Crippen LogP contribution in [0.15, 0.2) is 72.8 Å². The van der Waals surface area contributed by atoms with Crippen molar-refractivity contribution in [1.29, 1.82) is 0 Å². The molecule has 3 aromatic carbocycles. The van der Waals surface area contributed by atoms with E-state index in [1.54, 1.807) is 12.1 Å². The molecule has 0 aliphatic rings. The van der Waals surface area contributed by atoms with Crippen molar-refractivity contribution in [2.24, 2.45) is 0 Å². The highest BCUT2D eigenvalue weighted by Crippen LogP contribution is 2.27. The summed E-state index contributed by atoms with van der Waals surface area (Å²) in [6, 6.07) is 21.7. The number of benzene rings is 3. The maximum absolute atomic E-state index is 10.3. The number of nitrogens with two attached hydrogens (primary N) is 1. The summed E-state index contributed by atoms with van der Waals surface area (Å²) in [4.78, 5) is 14.8. The number of pyridine rings is 1. The van der Waals surface area contributed by atoms with Crippen LogP contribution in [-0.4, -0.2) is 21.2 Å². The van der Waals surface area contributed by atoms with Crippen LogP contribution in [0.3, 0.4) is 0 Å². The molecular weight excluding hydrogens is 316 g/mol. The first-order chi connectivity index (χ1) is 12.1. The fraction of sp³-hybridized carbons (Fsp3) is 0. The summed E-state index contributed by atoms with van der Waals surface area (Å²) in [6.07, 6.45) is 0. The Balaban J connectivity index is 0.000000160. The van der Waals surface area contributed by atoms with Gasteiger partial charge >= 0.3 is 5.97 Å². The molecule has 4 aromatic rings. The summed E-state index contributed by atoms with van der Waals surface area (Å²) in [7, 11) is 0.